The second-order valence-corrected chi connectivity index (χ2v) is 12.9. The standard InChI is InChI=1S/C29H31NO7S2/c1-36-20-8-6-19(7-9-20)16-26(33)29-22-4-2-3-5-27(22)38-28(29)18-25(32)23-17-21(10-11-24(23)31)39(34,35)30-12-14-37-15-13-30/h6-11,17,31H,2-5,12-16,18H2,1H3. The fraction of sp³-hybridized carbons (Fsp3) is 0.379. The van der Waals surface area contributed by atoms with E-state index in [2.05, 4.69) is 0 Å². The maximum absolute atomic E-state index is 13.6. The Morgan fingerprint density at radius 3 is 2.44 bits per heavy atom. The van der Waals surface area contributed by atoms with Gasteiger partial charge in [0.25, 0.3) is 0 Å². The highest BCUT2D eigenvalue weighted by Gasteiger charge is 2.30. The summed E-state index contributed by atoms with van der Waals surface area (Å²) in [4.78, 5) is 28.8. The van der Waals surface area contributed by atoms with Gasteiger partial charge in [0.1, 0.15) is 11.5 Å². The van der Waals surface area contributed by atoms with Crippen LogP contribution in [0.15, 0.2) is 47.4 Å². The zero-order chi connectivity index (χ0) is 27.6. The molecule has 0 spiro atoms. The van der Waals surface area contributed by atoms with E-state index < -0.39 is 15.8 Å². The van der Waals surface area contributed by atoms with Gasteiger partial charge >= 0.3 is 0 Å². The number of sulfonamides is 1. The number of hydrogen-bond donors (Lipinski definition) is 1. The van der Waals surface area contributed by atoms with Crippen LogP contribution in [-0.4, -0.2) is 62.8 Å². The molecule has 1 saturated heterocycles. The highest BCUT2D eigenvalue weighted by Crippen LogP contribution is 2.37. The van der Waals surface area contributed by atoms with Gasteiger partial charge in [0.2, 0.25) is 10.0 Å². The van der Waals surface area contributed by atoms with Crippen molar-refractivity contribution in [3.63, 3.8) is 0 Å². The number of aryl methyl sites for hydroxylation is 1. The number of ether oxygens (including phenoxy) is 2. The Balaban J connectivity index is 1.43. The number of aromatic hydroxyl groups is 1. The fourth-order valence-electron chi connectivity index (χ4n) is 5.16. The van der Waals surface area contributed by atoms with E-state index in [1.54, 1.807) is 7.11 Å². The number of morpholine rings is 1. The number of fused-ring (bicyclic) bond motifs is 1. The summed E-state index contributed by atoms with van der Waals surface area (Å²) in [5.74, 6) is -0.0460. The van der Waals surface area contributed by atoms with Crippen molar-refractivity contribution in [1.82, 2.24) is 4.31 Å². The first-order valence-corrected chi connectivity index (χ1v) is 15.3. The number of phenols is 1. The number of ketones is 2. The average Bonchev–Trinajstić information content (AvgIpc) is 3.31. The number of carbonyl (C=O) groups is 2. The van der Waals surface area contributed by atoms with Gasteiger partial charge in [-0.1, -0.05) is 12.1 Å². The summed E-state index contributed by atoms with van der Waals surface area (Å²) in [6.07, 6.45) is 3.80. The van der Waals surface area contributed by atoms with Crippen LogP contribution >= 0.6 is 11.3 Å². The molecule has 206 valence electrons. The molecular formula is C29H31NO7S2. The van der Waals surface area contributed by atoms with Gasteiger partial charge in [-0.05, 0) is 67.1 Å². The van der Waals surface area contributed by atoms with Crippen LogP contribution < -0.4 is 4.74 Å². The highest BCUT2D eigenvalue weighted by atomic mass is 32.2. The van der Waals surface area contributed by atoms with E-state index in [4.69, 9.17) is 9.47 Å². The van der Waals surface area contributed by atoms with Gasteiger partial charge in [-0.3, -0.25) is 9.59 Å². The molecule has 1 N–H and O–H groups in total. The monoisotopic (exact) mass is 569 g/mol. The van der Waals surface area contributed by atoms with Crippen molar-refractivity contribution in [3.8, 4) is 11.5 Å². The molecule has 0 amide bonds. The molecule has 2 heterocycles. The number of Topliss-reactive ketones (excluding diaryl/α,β-unsaturated/α-hetero) is 2. The van der Waals surface area contributed by atoms with Crippen molar-refractivity contribution in [2.45, 2.75) is 43.4 Å². The molecule has 0 unspecified atom stereocenters. The Morgan fingerprint density at radius 1 is 1.00 bits per heavy atom. The molecule has 8 nitrogen and oxygen atoms in total. The van der Waals surface area contributed by atoms with Crippen LogP contribution in [0.1, 0.15) is 54.4 Å². The number of benzene rings is 2. The Kier molecular flexibility index (Phi) is 8.18. The van der Waals surface area contributed by atoms with Crippen molar-refractivity contribution in [2.75, 3.05) is 33.4 Å². The van der Waals surface area contributed by atoms with E-state index in [1.165, 1.54) is 33.8 Å². The van der Waals surface area contributed by atoms with Gasteiger partial charge in [0.15, 0.2) is 11.6 Å². The second kappa shape index (κ2) is 11.6. The molecule has 1 aromatic heterocycles. The molecule has 2 aromatic carbocycles. The lowest BCUT2D eigenvalue weighted by Crippen LogP contribution is -2.40. The molecule has 2 aliphatic rings. The number of nitrogens with zero attached hydrogens (tertiary/aromatic N) is 1. The minimum Gasteiger partial charge on any atom is -0.507 e. The number of methoxy groups -OCH3 is 1. The van der Waals surface area contributed by atoms with Gasteiger partial charge in [-0.15, -0.1) is 11.3 Å². The van der Waals surface area contributed by atoms with E-state index in [1.807, 2.05) is 24.3 Å². The van der Waals surface area contributed by atoms with Crippen molar-refractivity contribution < 1.29 is 32.6 Å². The average molecular weight is 570 g/mol. The zero-order valence-electron chi connectivity index (χ0n) is 21.8. The van der Waals surface area contributed by atoms with E-state index in [9.17, 15) is 23.1 Å². The summed E-state index contributed by atoms with van der Waals surface area (Å²) in [5, 5.41) is 10.5. The number of thiophene rings is 1. The van der Waals surface area contributed by atoms with Crippen LogP contribution in [0, 0.1) is 0 Å². The lowest BCUT2D eigenvalue weighted by molar-refractivity contribution is 0.0730. The van der Waals surface area contributed by atoms with Crippen molar-refractivity contribution in [1.29, 1.82) is 0 Å². The molecule has 1 fully saturated rings. The third-order valence-electron chi connectivity index (χ3n) is 7.24. The molecule has 1 aliphatic heterocycles. The van der Waals surface area contributed by atoms with E-state index in [0.717, 1.165) is 41.7 Å². The normalized spacial score (nSPS) is 16.0. The highest BCUT2D eigenvalue weighted by molar-refractivity contribution is 7.89. The Hall–Kier alpha value is -3.05. The number of phenolic OH excluding ortho intramolecular Hbond substituents is 1. The van der Waals surface area contributed by atoms with Crippen LogP contribution in [-0.2, 0) is 40.4 Å². The summed E-state index contributed by atoms with van der Waals surface area (Å²) in [7, 11) is -2.25. The van der Waals surface area contributed by atoms with E-state index in [-0.39, 0.29) is 47.9 Å². The summed E-state index contributed by atoms with van der Waals surface area (Å²) >= 11 is 1.48. The lowest BCUT2D eigenvalue weighted by Gasteiger charge is -2.26. The number of rotatable bonds is 9. The largest absolute Gasteiger partial charge is 0.507 e. The molecule has 10 heteroatoms. The third kappa shape index (κ3) is 5.79. The quantitative estimate of drug-likeness (QED) is 0.385. The Bertz CT molecular complexity index is 1490. The minimum atomic E-state index is -3.84. The van der Waals surface area contributed by atoms with Crippen molar-refractivity contribution in [3.05, 3.63) is 74.5 Å². The molecule has 0 atom stereocenters. The molecule has 0 saturated carbocycles. The van der Waals surface area contributed by atoms with Crippen molar-refractivity contribution >= 4 is 32.9 Å². The smallest absolute Gasteiger partial charge is 0.243 e. The fourth-order valence-corrected chi connectivity index (χ4v) is 8.01. The van der Waals surface area contributed by atoms with Gasteiger partial charge in [0.05, 0.1) is 30.8 Å². The van der Waals surface area contributed by atoms with Gasteiger partial charge < -0.3 is 14.6 Å². The van der Waals surface area contributed by atoms with Crippen LogP contribution in [0.2, 0.25) is 0 Å². The van der Waals surface area contributed by atoms with Gasteiger partial charge in [0, 0.05) is 41.2 Å². The molecule has 5 rings (SSSR count). The summed E-state index contributed by atoms with van der Waals surface area (Å²) in [6, 6.07) is 11.2. The zero-order valence-corrected chi connectivity index (χ0v) is 23.4. The maximum atomic E-state index is 13.6. The first-order chi connectivity index (χ1) is 18.8. The topological polar surface area (TPSA) is 110 Å². The summed E-state index contributed by atoms with van der Waals surface area (Å²) in [5.41, 5.74) is 2.42. The van der Waals surface area contributed by atoms with Crippen LogP contribution in [0.25, 0.3) is 0 Å². The predicted molar refractivity (Wildman–Crippen MR) is 148 cm³/mol. The van der Waals surface area contributed by atoms with Gasteiger partial charge in [-0.25, -0.2) is 8.42 Å². The Morgan fingerprint density at radius 2 is 1.72 bits per heavy atom. The second-order valence-electron chi connectivity index (χ2n) is 9.75. The minimum absolute atomic E-state index is 0.0461. The van der Waals surface area contributed by atoms with Crippen LogP contribution in [0.5, 0.6) is 11.5 Å². The molecular weight excluding hydrogens is 538 g/mol. The number of carbonyl (C=O) groups excluding carboxylic acids is 2. The van der Waals surface area contributed by atoms with Crippen LogP contribution in [0.4, 0.5) is 0 Å². The maximum Gasteiger partial charge on any atom is 0.243 e. The van der Waals surface area contributed by atoms with E-state index in [0.29, 0.717) is 29.4 Å². The van der Waals surface area contributed by atoms with E-state index >= 15 is 0 Å². The molecule has 0 radical (unpaired) electrons. The van der Waals surface area contributed by atoms with Crippen molar-refractivity contribution in [2.24, 2.45) is 0 Å². The number of hydrogen-bond acceptors (Lipinski definition) is 8. The summed E-state index contributed by atoms with van der Waals surface area (Å²) in [6.45, 7) is 1.07. The summed E-state index contributed by atoms with van der Waals surface area (Å²) < 4.78 is 38.1. The molecule has 0 bridgehead atoms. The van der Waals surface area contributed by atoms with Gasteiger partial charge in [-0.2, -0.15) is 4.31 Å². The Labute approximate surface area is 232 Å². The molecule has 39 heavy (non-hydrogen) atoms. The SMILES string of the molecule is COc1ccc(CC(=O)c2c(CC(=O)c3cc(S(=O)(=O)N4CCOCC4)ccc3O)sc3c2CCCC3)cc1. The van der Waals surface area contributed by atoms with Crippen LogP contribution in [0.3, 0.4) is 0 Å². The predicted octanol–water partition coefficient (Wildman–Crippen LogP) is 4.21. The molecule has 1 aliphatic carbocycles. The molecule has 3 aromatic rings. The first-order valence-electron chi connectivity index (χ1n) is 13.0. The first kappa shape index (κ1) is 27.5. The third-order valence-corrected chi connectivity index (χ3v) is 10.4. The lowest BCUT2D eigenvalue weighted by atomic mass is 9.90.